The van der Waals surface area contributed by atoms with Crippen LogP contribution in [-0.2, 0) is 16.9 Å². The zero-order valence-corrected chi connectivity index (χ0v) is 13.6. The maximum atomic E-state index is 13.6. The summed E-state index contributed by atoms with van der Waals surface area (Å²) in [6.07, 6.45) is -0.196. The molecule has 1 fully saturated rings. The van der Waals surface area contributed by atoms with Crippen LogP contribution < -0.4 is 4.90 Å². The van der Waals surface area contributed by atoms with Crippen LogP contribution in [0.5, 0.6) is 0 Å². The molecule has 124 valence electrons. The average Bonchev–Trinajstić information content (AvgIpc) is 2.99. The van der Waals surface area contributed by atoms with Gasteiger partial charge in [-0.2, -0.15) is 9.97 Å². The average molecular weight is 344 g/mol. The minimum atomic E-state index is -2.72. The summed E-state index contributed by atoms with van der Waals surface area (Å²) in [6.45, 7) is 4.81. The van der Waals surface area contributed by atoms with Gasteiger partial charge in [-0.1, -0.05) is 0 Å². The highest BCUT2D eigenvalue weighted by Gasteiger charge is 2.41. The Bertz CT molecular complexity index is 791. The molecule has 2 aromatic rings. The Morgan fingerprint density at radius 1 is 1.17 bits per heavy atom. The summed E-state index contributed by atoms with van der Waals surface area (Å²) in [6, 6.07) is 0. The number of ether oxygens (including phenoxy) is 1. The Balaban J connectivity index is 1.91. The van der Waals surface area contributed by atoms with Crippen LogP contribution >= 0.6 is 11.6 Å². The van der Waals surface area contributed by atoms with Crippen molar-refractivity contribution >= 4 is 28.6 Å². The van der Waals surface area contributed by atoms with E-state index in [1.165, 1.54) is 4.90 Å². The minimum absolute atomic E-state index is 0.0368. The molecule has 0 amide bonds. The Kier molecular flexibility index (Phi) is 3.09. The lowest BCUT2D eigenvalue weighted by Crippen LogP contribution is -2.33. The largest absolute Gasteiger partial charge is 0.366 e. The molecule has 23 heavy (non-hydrogen) atoms. The van der Waals surface area contributed by atoms with Crippen molar-refractivity contribution in [1.29, 1.82) is 0 Å². The van der Waals surface area contributed by atoms with Crippen LogP contribution in [0, 0.1) is 0 Å². The van der Waals surface area contributed by atoms with Crippen molar-refractivity contribution in [1.82, 2.24) is 19.5 Å². The molecular formula is C14H16ClF2N5O. The van der Waals surface area contributed by atoms with Gasteiger partial charge in [-0.25, -0.2) is 13.8 Å². The zero-order chi connectivity index (χ0) is 16.4. The number of imidazole rings is 1. The lowest BCUT2D eigenvalue weighted by molar-refractivity contribution is -0.0530. The third-order valence-electron chi connectivity index (χ3n) is 4.33. The molecule has 4 rings (SSSR count). The summed E-state index contributed by atoms with van der Waals surface area (Å²) in [5, 5.41) is 0.0368. The normalized spacial score (nSPS) is 22.6. The van der Waals surface area contributed by atoms with E-state index in [0.29, 0.717) is 36.0 Å². The third kappa shape index (κ3) is 2.35. The lowest BCUT2D eigenvalue weighted by atomic mass is 10.1. The van der Waals surface area contributed by atoms with Gasteiger partial charge in [0.25, 0.3) is 5.92 Å². The van der Waals surface area contributed by atoms with Gasteiger partial charge in [0.15, 0.2) is 17.0 Å². The van der Waals surface area contributed by atoms with Gasteiger partial charge in [0.2, 0.25) is 5.28 Å². The summed E-state index contributed by atoms with van der Waals surface area (Å²) in [5.74, 6) is -1.64. The Morgan fingerprint density at radius 3 is 2.65 bits per heavy atom. The van der Waals surface area contributed by atoms with E-state index in [-0.39, 0.29) is 24.8 Å². The van der Waals surface area contributed by atoms with E-state index >= 15 is 0 Å². The topological polar surface area (TPSA) is 56.1 Å². The van der Waals surface area contributed by atoms with Gasteiger partial charge in [-0.15, -0.1) is 0 Å². The molecule has 2 aliphatic rings. The fraction of sp³-hybridized carbons (Fsp3) is 0.643. The molecule has 0 spiro atoms. The second-order valence-corrected chi connectivity index (χ2v) is 6.80. The number of hydrogen-bond acceptors (Lipinski definition) is 5. The smallest absolute Gasteiger partial charge is 0.266 e. The summed E-state index contributed by atoms with van der Waals surface area (Å²) in [7, 11) is 0. The first-order chi connectivity index (χ1) is 10.8. The lowest BCUT2D eigenvalue weighted by Gasteiger charge is -2.30. The fourth-order valence-electron chi connectivity index (χ4n) is 3.23. The maximum Gasteiger partial charge on any atom is 0.266 e. The number of halogens is 3. The quantitative estimate of drug-likeness (QED) is 0.745. The predicted octanol–water partition coefficient (Wildman–Crippen LogP) is 2.59. The van der Waals surface area contributed by atoms with Crippen LogP contribution in [0.2, 0.25) is 5.28 Å². The van der Waals surface area contributed by atoms with Crippen molar-refractivity contribution in [3.63, 3.8) is 0 Å². The molecule has 0 unspecified atom stereocenters. The molecule has 0 atom stereocenters. The highest BCUT2D eigenvalue weighted by molar-refractivity contribution is 6.28. The molecule has 1 saturated heterocycles. The molecule has 0 N–H and O–H groups in total. The molecule has 0 aromatic carbocycles. The second kappa shape index (κ2) is 4.73. The van der Waals surface area contributed by atoms with Gasteiger partial charge in [0.1, 0.15) is 11.4 Å². The molecule has 0 saturated carbocycles. The van der Waals surface area contributed by atoms with Crippen LogP contribution in [0.1, 0.15) is 26.1 Å². The molecule has 0 aliphatic carbocycles. The van der Waals surface area contributed by atoms with Crippen LogP contribution in [-0.4, -0.2) is 45.1 Å². The van der Waals surface area contributed by atoms with Crippen molar-refractivity contribution in [3.05, 3.63) is 11.1 Å². The van der Waals surface area contributed by atoms with E-state index in [1.54, 1.807) is 0 Å². The van der Waals surface area contributed by atoms with Crippen molar-refractivity contribution in [2.45, 2.75) is 38.3 Å². The van der Waals surface area contributed by atoms with Crippen molar-refractivity contribution in [2.24, 2.45) is 0 Å². The van der Waals surface area contributed by atoms with Gasteiger partial charge in [0.05, 0.1) is 13.2 Å². The SMILES string of the molecule is CC1(C)OCCn2c1nc1c(N3CCC(F)(F)C3)nc(Cl)nc12. The molecule has 0 radical (unpaired) electrons. The predicted molar refractivity (Wildman–Crippen MR) is 81.1 cm³/mol. The highest BCUT2D eigenvalue weighted by atomic mass is 35.5. The first-order valence-electron chi connectivity index (χ1n) is 7.48. The van der Waals surface area contributed by atoms with Gasteiger partial charge < -0.3 is 14.2 Å². The molecule has 2 aromatic heterocycles. The van der Waals surface area contributed by atoms with Crippen LogP contribution in [0.3, 0.4) is 0 Å². The number of aromatic nitrogens is 4. The van der Waals surface area contributed by atoms with E-state index in [0.717, 1.165) is 0 Å². The first-order valence-corrected chi connectivity index (χ1v) is 7.86. The summed E-state index contributed by atoms with van der Waals surface area (Å²) < 4.78 is 34.8. The van der Waals surface area contributed by atoms with Crippen LogP contribution in [0.15, 0.2) is 0 Å². The van der Waals surface area contributed by atoms with Crippen molar-refractivity contribution in [2.75, 3.05) is 24.6 Å². The monoisotopic (exact) mass is 343 g/mol. The Labute approximate surface area is 136 Å². The first kappa shape index (κ1) is 15.0. The summed E-state index contributed by atoms with van der Waals surface area (Å²) >= 11 is 6.04. The van der Waals surface area contributed by atoms with Gasteiger partial charge in [-0.3, -0.25) is 0 Å². The number of fused-ring (bicyclic) bond motifs is 3. The molecule has 2 aliphatic heterocycles. The number of anilines is 1. The standard InChI is InChI=1S/C14H16ClF2N5O/c1-13(2)11-18-8-9(21-4-3-14(16,17)7-21)19-12(15)20-10(8)22(11)5-6-23-13/h3-7H2,1-2H3. The summed E-state index contributed by atoms with van der Waals surface area (Å²) in [5.41, 5.74) is 0.500. The number of alkyl halides is 2. The number of hydrogen-bond donors (Lipinski definition) is 0. The maximum absolute atomic E-state index is 13.6. The molecule has 9 heteroatoms. The molecule has 4 heterocycles. The summed E-state index contributed by atoms with van der Waals surface area (Å²) in [4.78, 5) is 14.6. The van der Waals surface area contributed by atoms with E-state index < -0.39 is 11.5 Å². The second-order valence-electron chi connectivity index (χ2n) is 6.46. The van der Waals surface area contributed by atoms with E-state index in [9.17, 15) is 8.78 Å². The van der Waals surface area contributed by atoms with Crippen LogP contribution in [0.25, 0.3) is 11.2 Å². The van der Waals surface area contributed by atoms with Gasteiger partial charge in [0, 0.05) is 19.5 Å². The fourth-order valence-corrected chi connectivity index (χ4v) is 3.39. The van der Waals surface area contributed by atoms with Crippen molar-refractivity contribution < 1.29 is 13.5 Å². The third-order valence-corrected chi connectivity index (χ3v) is 4.50. The molecule has 0 bridgehead atoms. The number of rotatable bonds is 1. The van der Waals surface area contributed by atoms with E-state index in [4.69, 9.17) is 16.3 Å². The van der Waals surface area contributed by atoms with Gasteiger partial charge in [-0.05, 0) is 25.4 Å². The van der Waals surface area contributed by atoms with Crippen LogP contribution in [0.4, 0.5) is 14.6 Å². The zero-order valence-electron chi connectivity index (χ0n) is 12.8. The molecular weight excluding hydrogens is 328 g/mol. The highest BCUT2D eigenvalue weighted by Crippen LogP contribution is 2.37. The number of nitrogens with zero attached hydrogens (tertiary/aromatic N) is 5. The van der Waals surface area contributed by atoms with E-state index in [1.807, 2.05) is 18.4 Å². The van der Waals surface area contributed by atoms with Crippen molar-refractivity contribution in [3.8, 4) is 0 Å². The molecule has 6 nitrogen and oxygen atoms in total. The Hall–Kier alpha value is -1.54. The van der Waals surface area contributed by atoms with Gasteiger partial charge >= 0.3 is 0 Å². The minimum Gasteiger partial charge on any atom is -0.366 e. The Morgan fingerprint density at radius 2 is 1.96 bits per heavy atom. The van der Waals surface area contributed by atoms with E-state index in [2.05, 4.69) is 15.0 Å².